The van der Waals surface area contributed by atoms with Crippen molar-refractivity contribution in [3.63, 3.8) is 0 Å². The van der Waals surface area contributed by atoms with Crippen LogP contribution in [0.5, 0.6) is 0 Å². The smallest absolute Gasteiger partial charge is 0.0452 e. The zero-order valence-corrected chi connectivity index (χ0v) is 12.9. The van der Waals surface area contributed by atoms with Crippen LogP contribution in [-0.2, 0) is 0 Å². The van der Waals surface area contributed by atoms with Gasteiger partial charge in [0.25, 0.3) is 0 Å². The minimum Gasteiger partial charge on any atom is -0.312 e. The second-order valence-electron chi connectivity index (χ2n) is 5.00. The van der Waals surface area contributed by atoms with Crippen molar-refractivity contribution in [3.05, 3.63) is 20.8 Å². The predicted octanol–water partition coefficient (Wildman–Crippen LogP) is 5.13. The van der Waals surface area contributed by atoms with Crippen molar-refractivity contribution >= 4 is 27.3 Å². The lowest BCUT2D eigenvalue weighted by Gasteiger charge is -2.28. The molecule has 0 bridgehead atoms. The van der Waals surface area contributed by atoms with Crippen molar-refractivity contribution in [2.45, 2.75) is 51.0 Å². The summed E-state index contributed by atoms with van der Waals surface area (Å²) in [6.07, 6.45) is 9.89. The fourth-order valence-electron chi connectivity index (χ4n) is 2.93. The quantitative estimate of drug-likeness (QED) is 0.815. The molecule has 0 spiro atoms. The number of halogens is 1. The van der Waals surface area contributed by atoms with Crippen LogP contribution in [0.1, 0.15) is 55.9 Å². The van der Waals surface area contributed by atoms with Gasteiger partial charge in [0, 0.05) is 15.4 Å². The SMILES string of the molecule is CNC(c1sccc1Br)C1CCCCCCC1. The first-order valence-corrected chi connectivity index (χ1v) is 8.40. The molecular formula is C14H22BrNS. The Morgan fingerprint density at radius 2 is 1.88 bits per heavy atom. The van der Waals surface area contributed by atoms with Gasteiger partial charge in [0.1, 0.15) is 0 Å². The van der Waals surface area contributed by atoms with E-state index in [0.29, 0.717) is 6.04 Å². The van der Waals surface area contributed by atoms with Crippen molar-refractivity contribution in [1.82, 2.24) is 5.32 Å². The maximum absolute atomic E-state index is 3.68. The Bertz CT molecular complexity index is 329. The second-order valence-corrected chi connectivity index (χ2v) is 6.81. The summed E-state index contributed by atoms with van der Waals surface area (Å²) in [5, 5.41) is 5.73. The standard InChI is InChI=1S/C14H22BrNS/c1-16-13(14-12(15)9-10-17-14)11-7-5-3-2-4-6-8-11/h9-11,13,16H,2-8H2,1H3. The summed E-state index contributed by atoms with van der Waals surface area (Å²) >= 11 is 5.56. The van der Waals surface area contributed by atoms with Crippen molar-refractivity contribution in [2.75, 3.05) is 7.05 Å². The van der Waals surface area contributed by atoms with Crippen LogP contribution in [0, 0.1) is 5.92 Å². The first kappa shape index (κ1) is 13.6. The maximum atomic E-state index is 3.68. The molecule has 1 heterocycles. The highest BCUT2D eigenvalue weighted by Gasteiger charge is 2.24. The Hall–Kier alpha value is 0.140. The van der Waals surface area contributed by atoms with Gasteiger partial charge in [-0.15, -0.1) is 11.3 Å². The van der Waals surface area contributed by atoms with Crippen LogP contribution in [0.3, 0.4) is 0 Å². The van der Waals surface area contributed by atoms with E-state index in [0.717, 1.165) is 5.92 Å². The van der Waals surface area contributed by atoms with Gasteiger partial charge >= 0.3 is 0 Å². The van der Waals surface area contributed by atoms with Gasteiger partial charge in [0.2, 0.25) is 0 Å². The number of rotatable bonds is 3. The van der Waals surface area contributed by atoms with Gasteiger partial charge in [0.05, 0.1) is 0 Å². The van der Waals surface area contributed by atoms with E-state index in [-0.39, 0.29) is 0 Å². The average molecular weight is 316 g/mol. The third-order valence-electron chi connectivity index (χ3n) is 3.86. The minimum atomic E-state index is 0.544. The van der Waals surface area contributed by atoms with Gasteiger partial charge in [-0.3, -0.25) is 0 Å². The third-order valence-corrected chi connectivity index (χ3v) is 5.81. The molecule has 1 N–H and O–H groups in total. The zero-order valence-electron chi connectivity index (χ0n) is 10.5. The molecule has 3 heteroatoms. The molecule has 96 valence electrons. The lowest BCUT2D eigenvalue weighted by molar-refractivity contribution is 0.302. The van der Waals surface area contributed by atoms with Crippen LogP contribution in [0.15, 0.2) is 15.9 Å². The van der Waals surface area contributed by atoms with E-state index in [1.807, 2.05) is 11.3 Å². The summed E-state index contributed by atoms with van der Waals surface area (Å²) in [4.78, 5) is 1.48. The molecular weight excluding hydrogens is 294 g/mol. The van der Waals surface area contributed by atoms with E-state index < -0.39 is 0 Å². The van der Waals surface area contributed by atoms with Gasteiger partial charge in [0.15, 0.2) is 0 Å². The highest BCUT2D eigenvalue weighted by molar-refractivity contribution is 9.10. The molecule has 0 aliphatic heterocycles. The van der Waals surface area contributed by atoms with E-state index in [1.165, 1.54) is 54.3 Å². The van der Waals surface area contributed by atoms with Crippen molar-refractivity contribution in [1.29, 1.82) is 0 Å². The van der Waals surface area contributed by atoms with E-state index >= 15 is 0 Å². The molecule has 0 saturated heterocycles. The van der Waals surface area contributed by atoms with Crippen LogP contribution >= 0.6 is 27.3 Å². The number of hydrogen-bond donors (Lipinski definition) is 1. The monoisotopic (exact) mass is 315 g/mol. The largest absolute Gasteiger partial charge is 0.312 e. The van der Waals surface area contributed by atoms with Gasteiger partial charge in [-0.25, -0.2) is 0 Å². The van der Waals surface area contributed by atoms with E-state index in [2.05, 4.69) is 39.7 Å². The molecule has 2 rings (SSSR count). The summed E-state index contributed by atoms with van der Waals surface area (Å²) in [6, 6.07) is 2.72. The van der Waals surface area contributed by atoms with Crippen molar-refractivity contribution < 1.29 is 0 Å². The Kier molecular flexibility index (Phi) is 5.51. The van der Waals surface area contributed by atoms with Gasteiger partial charge < -0.3 is 5.32 Å². The topological polar surface area (TPSA) is 12.0 Å². The average Bonchev–Trinajstić information content (AvgIpc) is 2.69. The summed E-state index contributed by atoms with van der Waals surface area (Å²) in [6.45, 7) is 0. The molecule has 1 atom stereocenters. The molecule has 17 heavy (non-hydrogen) atoms. The summed E-state index contributed by atoms with van der Waals surface area (Å²) in [7, 11) is 2.11. The zero-order chi connectivity index (χ0) is 12.1. The van der Waals surface area contributed by atoms with Crippen LogP contribution in [0.2, 0.25) is 0 Å². The van der Waals surface area contributed by atoms with E-state index in [1.54, 1.807) is 0 Å². The summed E-state index contributed by atoms with van der Waals surface area (Å²) < 4.78 is 1.28. The molecule has 1 fully saturated rings. The molecule has 1 aromatic heterocycles. The number of nitrogens with one attached hydrogen (secondary N) is 1. The second kappa shape index (κ2) is 6.91. The molecule has 1 nitrogen and oxygen atoms in total. The number of hydrogen-bond acceptors (Lipinski definition) is 2. The highest BCUT2D eigenvalue weighted by atomic mass is 79.9. The highest BCUT2D eigenvalue weighted by Crippen LogP contribution is 2.38. The fraction of sp³-hybridized carbons (Fsp3) is 0.714. The lowest BCUT2D eigenvalue weighted by Crippen LogP contribution is -2.25. The molecule has 0 radical (unpaired) electrons. The summed E-state index contributed by atoms with van der Waals surface area (Å²) in [5.74, 6) is 0.815. The Morgan fingerprint density at radius 1 is 1.24 bits per heavy atom. The van der Waals surface area contributed by atoms with Crippen LogP contribution in [0.4, 0.5) is 0 Å². The molecule has 0 aromatic carbocycles. The number of thiophene rings is 1. The lowest BCUT2D eigenvalue weighted by atomic mass is 9.85. The maximum Gasteiger partial charge on any atom is 0.0452 e. The molecule has 1 aliphatic carbocycles. The van der Waals surface area contributed by atoms with Crippen molar-refractivity contribution in [3.8, 4) is 0 Å². The first-order chi connectivity index (χ1) is 8.33. The fourth-order valence-corrected chi connectivity index (χ4v) is 4.75. The van der Waals surface area contributed by atoms with Crippen molar-refractivity contribution in [2.24, 2.45) is 5.92 Å². The molecule has 1 unspecified atom stereocenters. The Balaban J connectivity index is 2.08. The van der Waals surface area contributed by atoms with E-state index in [9.17, 15) is 0 Å². The minimum absolute atomic E-state index is 0.544. The van der Waals surface area contributed by atoms with Crippen LogP contribution in [-0.4, -0.2) is 7.05 Å². The Morgan fingerprint density at radius 3 is 2.41 bits per heavy atom. The van der Waals surface area contributed by atoms with Gasteiger partial charge in [-0.05, 0) is 53.2 Å². The van der Waals surface area contributed by atoms with Crippen LogP contribution < -0.4 is 5.32 Å². The Labute approximate surface area is 117 Å². The van der Waals surface area contributed by atoms with Gasteiger partial charge in [-0.2, -0.15) is 0 Å². The normalized spacial score (nSPS) is 20.8. The van der Waals surface area contributed by atoms with Crippen LogP contribution in [0.25, 0.3) is 0 Å². The molecule has 0 amide bonds. The first-order valence-electron chi connectivity index (χ1n) is 6.73. The molecule has 1 aromatic rings. The predicted molar refractivity (Wildman–Crippen MR) is 79.6 cm³/mol. The van der Waals surface area contributed by atoms with Gasteiger partial charge in [-0.1, -0.05) is 32.1 Å². The van der Waals surface area contributed by atoms with E-state index in [4.69, 9.17) is 0 Å². The molecule has 1 saturated carbocycles. The third kappa shape index (κ3) is 3.55. The summed E-state index contributed by atoms with van der Waals surface area (Å²) in [5.41, 5.74) is 0. The molecule has 1 aliphatic rings.